The van der Waals surface area contributed by atoms with Crippen molar-refractivity contribution in [3.63, 3.8) is 0 Å². The zero-order valence-electron chi connectivity index (χ0n) is 12.5. The fourth-order valence-electron chi connectivity index (χ4n) is 2.46. The van der Waals surface area contributed by atoms with E-state index in [-0.39, 0.29) is 11.9 Å². The van der Waals surface area contributed by atoms with Gasteiger partial charge in [-0.25, -0.2) is 9.78 Å². The fourth-order valence-corrected chi connectivity index (χ4v) is 2.46. The van der Waals surface area contributed by atoms with Gasteiger partial charge < -0.3 is 14.5 Å². The van der Waals surface area contributed by atoms with Crippen molar-refractivity contribution in [1.29, 1.82) is 0 Å². The predicted octanol–water partition coefficient (Wildman–Crippen LogP) is 1.32. The maximum Gasteiger partial charge on any atom is 0.338 e. The standard InChI is InChI=1S/C15H21N3O3/c1-3-14(19)18-8-4-7-17(9-10-18)13-11-12(5-6-16-13)15(20)21-2/h5-6,11H,3-4,7-10H2,1-2H3. The van der Waals surface area contributed by atoms with E-state index >= 15 is 0 Å². The van der Waals surface area contributed by atoms with Crippen LogP contribution in [0.15, 0.2) is 18.3 Å². The minimum atomic E-state index is -0.365. The number of aromatic nitrogens is 1. The summed E-state index contributed by atoms with van der Waals surface area (Å²) in [6, 6.07) is 3.38. The molecule has 0 bridgehead atoms. The van der Waals surface area contributed by atoms with Gasteiger partial charge in [0.2, 0.25) is 5.91 Å². The van der Waals surface area contributed by atoms with Crippen LogP contribution in [0.5, 0.6) is 0 Å². The van der Waals surface area contributed by atoms with Gasteiger partial charge in [-0.15, -0.1) is 0 Å². The SMILES string of the molecule is CCC(=O)N1CCCN(c2cc(C(=O)OC)ccn2)CC1. The number of hydrogen-bond donors (Lipinski definition) is 0. The Labute approximate surface area is 124 Å². The number of rotatable bonds is 3. The molecular formula is C15H21N3O3. The lowest BCUT2D eigenvalue weighted by Gasteiger charge is -2.22. The molecule has 2 rings (SSSR count). The van der Waals surface area contributed by atoms with E-state index in [4.69, 9.17) is 4.74 Å². The van der Waals surface area contributed by atoms with E-state index in [0.717, 1.165) is 31.9 Å². The largest absolute Gasteiger partial charge is 0.465 e. The van der Waals surface area contributed by atoms with Gasteiger partial charge in [-0.1, -0.05) is 6.92 Å². The number of carbonyl (C=O) groups excluding carboxylic acids is 2. The first-order valence-electron chi connectivity index (χ1n) is 7.22. The van der Waals surface area contributed by atoms with Gasteiger partial charge in [-0.3, -0.25) is 4.79 Å². The predicted molar refractivity (Wildman–Crippen MR) is 79.3 cm³/mol. The molecule has 1 amide bonds. The molecule has 114 valence electrons. The zero-order chi connectivity index (χ0) is 15.2. The van der Waals surface area contributed by atoms with Crippen LogP contribution in [0, 0.1) is 0 Å². The van der Waals surface area contributed by atoms with Crippen LogP contribution in [0.3, 0.4) is 0 Å². The van der Waals surface area contributed by atoms with Crippen LogP contribution in [0.2, 0.25) is 0 Å². The minimum Gasteiger partial charge on any atom is -0.465 e. The normalized spacial score (nSPS) is 15.5. The lowest BCUT2D eigenvalue weighted by molar-refractivity contribution is -0.130. The van der Waals surface area contributed by atoms with Gasteiger partial charge in [0.1, 0.15) is 5.82 Å². The van der Waals surface area contributed by atoms with Crippen molar-refractivity contribution in [3.8, 4) is 0 Å². The molecule has 2 heterocycles. The summed E-state index contributed by atoms with van der Waals surface area (Å²) >= 11 is 0. The van der Waals surface area contributed by atoms with Gasteiger partial charge in [-0.2, -0.15) is 0 Å². The van der Waals surface area contributed by atoms with E-state index in [0.29, 0.717) is 18.5 Å². The van der Waals surface area contributed by atoms with Gasteiger partial charge in [0, 0.05) is 38.8 Å². The number of esters is 1. The smallest absolute Gasteiger partial charge is 0.338 e. The van der Waals surface area contributed by atoms with Crippen LogP contribution in [0.4, 0.5) is 5.82 Å². The first-order chi connectivity index (χ1) is 10.2. The molecule has 0 aromatic carbocycles. The molecule has 0 unspecified atom stereocenters. The molecule has 1 aliphatic rings. The Kier molecular flexibility index (Phi) is 5.14. The molecule has 0 atom stereocenters. The number of nitrogens with zero attached hydrogens (tertiary/aromatic N) is 3. The molecule has 0 N–H and O–H groups in total. The monoisotopic (exact) mass is 291 g/mol. The summed E-state index contributed by atoms with van der Waals surface area (Å²) < 4.78 is 4.73. The van der Waals surface area contributed by atoms with Crippen molar-refractivity contribution < 1.29 is 14.3 Å². The maximum atomic E-state index is 11.8. The molecule has 0 aliphatic carbocycles. The Morgan fingerprint density at radius 2 is 2.10 bits per heavy atom. The molecule has 1 aromatic heterocycles. The molecule has 0 saturated carbocycles. The second-order valence-electron chi connectivity index (χ2n) is 4.97. The first-order valence-corrected chi connectivity index (χ1v) is 7.22. The van der Waals surface area contributed by atoms with Gasteiger partial charge in [0.15, 0.2) is 0 Å². The average molecular weight is 291 g/mol. The number of amides is 1. The third-order valence-electron chi connectivity index (χ3n) is 3.64. The highest BCUT2D eigenvalue weighted by molar-refractivity contribution is 5.90. The number of anilines is 1. The lowest BCUT2D eigenvalue weighted by Crippen LogP contribution is -2.35. The van der Waals surface area contributed by atoms with E-state index in [2.05, 4.69) is 9.88 Å². The summed E-state index contributed by atoms with van der Waals surface area (Å²) in [7, 11) is 1.36. The molecule has 0 radical (unpaired) electrons. The highest BCUT2D eigenvalue weighted by Crippen LogP contribution is 2.16. The summed E-state index contributed by atoms with van der Waals surface area (Å²) in [4.78, 5) is 31.7. The summed E-state index contributed by atoms with van der Waals surface area (Å²) in [6.07, 6.45) is 3.05. The van der Waals surface area contributed by atoms with Crippen molar-refractivity contribution in [2.75, 3.05) is 38.2 Å². The second-order valence-corrected chi connectivity index (χ2v) is 4.97. The summed E-state index contributed by atoms with van der Waals surface area (Å²) in [6.45, 7) is 4.90. The van der Waals surface area contributed by atoms with E-state index in [9.17, 15) is 9.59 Å². The molecule has 1 fully saturated rings. The molecule has 21 heavy (non-hydrogen) atoms. The van der Waals surface area contributed by atoms with Gasteiger partial charge in [0.25, 0.3) is 0 Å². The Balaban J connectivity index is 2.08. The third kappa shape index (κ3) is 3.71. The molecule has 0 spiro atoms. The van der Waals surface area contributed by atoms with Gasteiger partial charge in [-0.05, 0) is 18.6 Å². The highest BCUT2D eigenvalue weighted by atomic mass is 16.5. The molecule has 1 aromatic rings. The Morgan fingerprint density at radius 3 is 2.81 bits per heavy atom. The molecule has 1 aliphatic heterocycles. The van der Waals surface area contributed by atoms with Crippen molar-refractivity contribution in [2.24, 2.45) is 0 Å². The van der Waals surface area contributed by atoms with Crippen molar-refractivity contribution in [2.45, 2.75) is 19.8 Å². The highest BCUT2D eigenvalue weighted by Gasteiger charge is 2.19. The van der Waals surface area contributed by atoms with Crippen LogP contribution in [0.1, 0.15) is 30.1 Å². The van der Waals surface area contributed by atoms with Crippen LogP contribution >= 0.6 is 0 Å². The van der Waals surface area contributed by atoms with E-state index in [1.165, 1.54) is 7.11 Å². The van der Waals surface area contributed by atoms with Crippen molar-refractivity contribution in [1.82, 2.24) is 9.88 Å². The van der Waals surface area contributed by atoms with E-state index in [1.54, 1.807) is 18.3 Å². The fraction of sp³-hybridized carbons (Fsp3) is 0.533. The first kappa shape index (κ1) is 15.3. The topological polar surface area (TPSA) is 62.7 Å². The van der Waals surface area contributed by atoms with Crippen LogP contribution < -0.4 is 4.90 Å². The second kappa shape index (κ2) is 7.06. The number of carbonyl (C=O) groups is 2. The molecule has 1 saturated heterocycles. The Hall–Kier alpha value is -2.11. The summed E-state index contributed by atoms with van der Waals surface area (Å²) in [5, 5.41) is 0. The third-order valence-corrected chi connectivity index (χ3v) is 3.64. The number of hydrogen-bond acceptors (Lipinski definition) is 5. The van der Waals surface area contributed by atoms with E-state index in [1.807, 2.05) is 11.8 Å². The van der Waals surface area contributed by atoms with Crippen LogP contribution in [0.25, 0.3) is 0 Å². The quantitative estimate of drug-likeness (QED) is 0.786. The van der Waals surface area contributed by atoms with Gasteiger partial charge in [0.05, 0.1) is 12.7 Å². The van der Waals surface area contributed by atoms with Crippen LogP contribution in [-0.4, -0.2) is 55.0 Å². The van der Waals surface area contributed by atoms with E-state index < -0.39 is 0 Å². The number of methoxy groups -OCH3 is 1. The number of pyridine rings is 1. The Bertz CT molecular complexity index is 519. The zero-order valence-corrected chi connectivity index (χ0v) is 12.5. The molecule has 6 heteroatoms. The van der Waals surface area contributed by atoms with Crippen molar-refractivity contribution in [3.05, 3.63) is 23.9 Å². The number of ether oxygens (including phenoxy) is 1. The maximum absolute atomic E-state index is 11.8. The average Bonchev–Trinajstić information content (AvgIpc) is 2.79. The molecule has 6 nitrogen and oxygen atoms in total. The van der Waals surface area contributed by atoms with Crippen LogP contribution in [-0.2, 0) is 9.53 Å². The molecular weight excluding hydrogens is 270 g/mol. The lowest BCUT2D eigenvalue weighted by atomic mass is 10.2. The Morgan fingerprint density at radius 1 is 1.29 bits per heavy atom. The van der Waals surface area contributed by atoms with Crippen molar-refractivity contribution >= 4 is 17.7 Å². The summed E-state index contributed by atoms with van der Waals surface area (Å²) in [5.41, 5.74) is 0.494. The van der Waals surface area contributed by atoms with Gasteiger partial charge >= 0.3 is 5.97 Å². The minimum absolute atomic E-state index is 0.188. The summed E-state index contributed by atoms with van der Waals surface area (Å²) in [5.74, 6) is 0.577.